The summed E-state index contributed by atoms with van der Waals surface area (Å²) in [4.78, 5) is 16.3. The lowest BCUT2D eigenvalue weighted by molar-refractivity contribution is 0.0912. The van der Waals surface area contributed by atoms with Crippen LogP contribution in [0.1, 0.15) is 61.8 Å². The molecule has 0 aliphatic heterocycles. The molecular formula is C16H23N5O2. The van der Waals surface area contributed by atoms with E-state index in [1.807, 2.05) is 4.68 Å². The smallest absolute Gasteiger partial charge is 0.273 e. The van der Waals surface area contributed by atoms with Gasteiger partial charge in [0.2, 0.25) is 0 Å². The van der Waals surface area contributed by atoms with Gasteiger partial charge in [0.05, 0.1) is 6.04 Å². The van der Waals surface area contributed by atoms with E-state index in [2.05, 4.69) is 34.4 Å². The van der Waals surface area contributed by atoms with Gasteiger partial charge in [-0.25, -0.2) is 9.67 Å². The van der Waals surface area contributed by atoms with Gasteiger partial charge in [0.1, 0.15) is 18.4 Å². The Balaban J connectivity index is 1.50. The Bertz CT molecular complexity index is 627. The molecule has 2 aromatic rings. The fraction of sp³-hybridized carbons (Fsp3) is 0.625. The van der Waals surface area contributed by atoms with Crippen molar-refractivity contribution in [1.29, 1.82) is 0 Å². The van der Waals surface area contributed by atoms with Crippen LogP contribution in [-0.2, 0) is 6.42 Å². The molecule has 0 aromatic carbocycles. The van der Waals surface area contributed by atoms with E-state index in [1.165, 1.54) is 0 Å². The van der Waals surface area contributed by atoms with Gasteiger partial charge < -0.3 is 9.84 Å². The fourth-order valence-corrected chi connectivity index (χ4v) is 3.07. The average molecular weight is 317 g/mol. The van der Waals surface area contributed by atoms with Crippen molar-refractivity contribution in [2.75, 3.05) is 0 Å². The van der Waals surface area contributed by atoms with Gasteiger partial charge in [-0.1, -0.05) is 19.0 Å². The van der Waals surface area contributed by atoms with Gasteiger partial charge in [-0.3, -0.25) is 4.79 Å². The first-order valence-electron chi connectivity index (χ1n) is 8.22. The highest BCUT2D eigenvalue weighted by atomic mass is 16.5. The first-order chi connectivity index (χ1) is 11.1. The number of nitrogens with one attached hydrogen (secondary N) is 1. The summed E-state index contributed by atoms with van der Waals surface area (Å²) in [7, 11) is 0. The number of carbonyl (C=O) groups is 1. The number of amides is 1. The van der Waals surface area contributed by atoms with Gasteiger partial charge in [-0.05, 0) is 31.6 Å². The summed E-state index contributed by atoms with van der Waals surface area (Å²) in [6.07, 6.45) is 7.98. The normalized spacial score (nSPS) is 21.5. The molecule has 1 amide bonds. The predicted molar refractivity (Wildman–Crippen MR) is 83.8 cm³/mol. The second-order valence-corrected chi connectivity index (χ2v) is 6.63. The third-order valence-electron chi connectivity index (χ3n) is 4.24. The Labute approximate surface area is 135 Å². The number of rotatable bonds is 5. The molecule has 0 spiro atoms. The molecule has 0 unspecified atom stereocenters. The molecule has 0 atom stereocenters. The lowest BCUT2D eigenvalue weighted by Crippen LogP contribution is -2.38. The van der Waals surface area contributed by atoms with Crippen molar-refractivity contribution in [2.45, 2.75) is 58.0 Å². The second kappa shape index (κ2) is 6.93. The van der Waals surface area contributed by atoms with Crippen LogP contribution >= 0.6 is 0 Å². The standard InChI is InChI=1S/C16H23N5O2/c1-11(2)7-14-8-15(20-23-14)16(22)19-12-3-5-13(6-4-12)21-10-17-9-18-21/h8-13H,3-7H2,1-2H3,(H,19,22). The van der Waals surface area contributed by atoms with Crippen molar-refractivity contribution < 1.29 is 9.32 Å². The molecule has 1 saturated carbocycles. The van der Waals surface area contributed by atoms with Gasteiger partial charge >= 0.3 is 0 Å². The van der Waals surface area contributed by atoms with E-state index in [9.17, 15) is 4.79 Å². The summed E-state index contributed by atoms with van der Waals surface area (Å²) in [6, 6.07) is 2.32. The molecule has 1 aliphatic carbocycles. The van der Waals surface area contributed by atoms with Crippen molar-refractivity contribution in [3.63, 3.8) is 0 Å². The molecule has 0 radical (unpaired) electrons. The first kappa shape index (κ1) is 15.7. The summed E-state index contributed by atoms with van der Waals surface area (Å²) in [5.74, 6) is 1.10. The Morgan fingerprint density at radius 2 is 2.17 bits per heavy atom. The van der Waals surface area contributed by atoms with Gasteiger partial charge in [-0.15, -0.1) is 0 Å². The van der Waals surface area contributed by atoms with Gasteiger partial charge in [-0.2, -0.15) is 5.10 Å². The van der Waals surface area contributed by atoms with Crippen LogP contribution in [0.25, 0.3) is 0 Å². The minimum atomic E-state index is -0.145. The van der Waals surface area contributed by atoms with Crippen LogP contribution in [0.4, 0.5) is 0 Å². The van der Waals surface area contributed by atoms with Crippen LogP contribution in [0.3, 0.4) is 0 Å². The van der Waals surface area contributed by atoms with Crippen molar-refractivity contribution in [2.24, 2.45) is 5.92 Å². The molecule has 2 heterocycles. The zero-order valence-corrected chi connectivity index (χ0v) is 13.6. The highest BCUT2D eigenvalue weighted by Crippen LogP contribution is 2.27. The molecule has 3 rings (SSSR count). The molecule has 0 bridgehead atoms. The number of aromatic nitrogens is 4. The molecular weight excluding hydrogens is 294 g/mol. The number of hydrogen-bond acceptors (Lipinski definition) is 5. The Kier molecular flexibility index (Phi) is 4.73. The maximum absolute atomic E-state index is 12.3. The zero-order valence-electron chi connectivity index (χ0n) is 13.6. The Hall–Kier alpha value is -2.18. The summed E-state index contributed by atoms with van der Waals surface area (Å²) >= 11 is 0. The lowest BCUT2D eigenvalue weighted by Gasteiger charge is -2.28. The fourth-order valence-electron chi connectivity index (χ4n) is 3.07. The van der Waals surface area contributed by atoms with Crippen LogP contribution < -0.4 is 5.32 Å². The minimum absolute atomic E-state index is 0.145. The Morgan fingerprint density at radius 3 is 2.83 bits per heavy atom. The molecule has 7 heteroatoms. The van der Waals surface area contributed by atoms with Gasteiger partial charge in [0.15, 0.2) is 5.69 Å². The van der Waals surface area contributed by atoms with Gasteiger partial charge in [0.25, 0.3) is 5.91 Å². The van der Waals surface area contributed by atoms with E-state index in [1.54, 1.807) is 18.7 Å². The van der Waals surface area contributed by atoms with Crippen molar-refractivity contribution in [3.8, 4) is 0 Å². The van der Waals surface area contributed by atoms with Crippen molar-refractivity contribution in [1.82, 2.24) is 25.2 Å². The minimum Gasteiger partial charge on any atom is -0.361 e. The third kappa shape index (κ3) is 3.97. The van der Waals surface area contributed by atoms with E-state index in [-0.39, 0.29) is 11.9 Å². The largest absolute Gasteiger partial charge is 0.361 e. The van der Waals surface area contributed by atoms with E-state index in [0.29, 0.717) is 17.7 Å². The van der Waals surface area contributed by atoms with Crippen LogP contribution in [0.15, 0.2) is 23.2 Å². The average Bonchev–Trinajstić information content (AvgIpc) is 3.19. The zero-order chi connectivity index (χ0) is 16.2. The summed E-state index contributed by atoms with van der Waals surface area (Å²) in [6.45, 7) is 4.21. The van der Waals surface area contributed by atoms with E-state index >= 15 is 0 Å². The Morgan fingerprint density at radius 1 is 1.39 bits per heavy atom. The van der Waals surface area contributed by atoms with Crippen LogP contribution in [0, 0.1) is 5.92 Å². The molecule has 23 heavy (non-hydrogen) atoms. The second-order valence-electron chi connectivity index (χ2n) is 6.63. The molecule has 2 aromatic heterocycles. The summed E-state index contributed by atoms with van der Waals surface area (Å²) in [5, 5.41) is 11.1. The third-order valence-corrected chi connectivity index (χ3v) is 4.24. The SMILES string of the molecule is CC(C)Cc1cc(C(=O)NC2CCC(n3cncn3)CC2)no1. The van der Waals surface area contributed by atoms with E-state index in [0.717, 1.165) is 37.9 Å². The molecule has 1 N–H and O–H groups in total. The quantitative estimate of drug-likeness (QED) is 0.915. The number of nitrogens with zero attached hydrogens (tertiary/aromatic N) is 4. The molecule has 1 aliphatic rings. The number of carbonyl (C=O) groups excluding carboxylic acids is 1. The summed E-state index contributed by atoms with van der Waals surface area (Å²) < 4.78 is 7.13. The van der Waals surface area contributed by atoms with E-state index < -0.39 is 0 Å². The van der Waals surface area contributed by atoms with Gasteiger partial charge in [0, 0.05) is 18.5 Å². The highest BCUT2D eigenvalue weighted by Gasteiger charge is 2.25. The van der Waals surface area contributed by atoms with Crippen molar-refractivity contribution in [3.05, 3.63) is 30.2 Å². The summed E-state index contributed by atoms with van der Waals surface area (Å²) in [5.41, 5.74) is 0.374. The lowest BCUT2D eigenvalue weighted by atomic mass is 9.91. The maximum Gasteiger partial charge on any atom is 0.273 e. The molecule has 0 saturated heterocycles. The first-order valence-corrected chi connectivity index (χ1v) is 8.22. The highest BCUT2D eigenvalue weighted by molar-refractivity contribution is 5.92. The van der Waals surface area contributed by atoms with Crippen LogP contribution in [-0.4, -0.2) is 31.9 Å². The van der Waals surface area contributed by atoms with Crippen molar-refractivity contribution >= 4 is 5.91 Å². The topological polar surface area (TPSA) is 85.8 Å². The predicted octanol–water partition coefficient (Wildman–Crippen LogP) is 2.38. The van der Waals surface area contributed by atoms with Crippen LogP contribution in [0.5, 0.6) is 0 Å². The van der Waals surface area contributed by atoms with Crippen LogP contribution in [0.2, 0.25) is 0 Å². The monoisotopic (exact) mass is 317 g/mol. The molecule has 7 nitrogen and oxygen atoms in total. The maximum atomic E-state index is 12.3. The molecule has 1 fully saturated rings. The van der Waals surface area contributed by atoms with E-state index in [4.69, 9.17) is 4.52 Å². The number of hydrogen-bond donors (Lipinski definition) is 1. The molecule has 124 valence electrons.